The lowest BCUT2D eigenvalue weighted by atomic mass is 10.2. The van der Waals surface area contributed by atoms with Gasteiger partial charge in [0.05, 0.1) is 13.7 Å². The lowest BCUT2D eigenvalue weighted by Gasteiger charge is -2.09. The van der Waals surface area contributed by atoms with E-state index >= 15 is 0 Å². The molecular formula is C11H14N2O4. The largest absolute Gasteiger partial charge is 0.467 e. The van der Waals surface area contributed by atoms with Crippen LogP contribution in [0.15, 0.2) is 24.3 Å². The summed E-state index contributed by atoms with van der Waals surface area (Å²) in [5.41, 5.74) is 6.35. The number of nitrogen functional groups attached to an aromatic ring is 1. The minimum Gasteiger partial charge on any atom is -0.467 e. The number of carbonyl (C=O) groups excluding carboxylic acids is 2. The molecule has 0 heterocycles. The maximum absolute atomic E-state index is 11.6. The second-order valence-electron chi connectivity index (χ2n) is 3.37. The van der Waals surface area contributed by atoms with Gasteiger partial charge in [-0.3, -0.25) is 4.79 Å². The monoisotopic (exact) mass is 238 g/mol. The number of methoxy groups -OCH3 is 1. The summed E-state index contributed by atoms with van der Waals surface area (Å²) in [6.07, 6.45) is -1.37. The lowest BCUT2D eigenvalue weighted by Crippen LogP contribution is -2.37. The highest BCUT2D eigenvalue weighted by molar-refractivity contribution is 5.95. The normalized spacial score (nSPS) is 11.6. The van der Waals surface area contributed by atoms with Gasteiger partial charge in [0, 0.05) is 11.3 Å². The van der Waals surface area contributed by atoms with Gasteiger partial charge in [-0.15, -0.1) is 0 Å². The van der Waals surface area contributed by atoms with Crippen LogP contribution in [-0.4, -0.2) is 36.7 Å². The highest BCUT2D eigenvalue weighted by atomic mass is 16.5. The van der Waals surface area contributed by atoms with Gasteiger partial charge < -0.3 is 20.9 Å². The standard InChI is InChI=1S/C11H14N2O4/c1-17-11(16)9(14)6-13-10(15)7-3-2-4-8(12)5-7/h2-5,9,14H,6,12H2,1H3,(H,13,15). The molecule has 1 rings (SSSR count). The molecule has 0 bridgehead atoms. The summed E-state index contributed by atoms with van der Waals surface area (Å²) in [6.45, 7) is -0.208. The van der Waals surface area contributed by atoms with E-state index in [1.54, 1.807) is 18.2 Å². The van der Waals surface area contributed by atoms with Gasteiger partial charge >= 0.3 is 5.97 Å². The lowest BCUT2D eigenvalue weighted by molar-refractivity contribution is -0.149. The maximum atomic E-state index is 11.6. The van der Waals surface area contributed by atoms with Crippen LogP contribution in [0.4, 0.5) is 5.69 Å². The van der Waals surface area contributed by atoms with Crippen LogP contribution in [0.3, 0.4) is 0 Å². The molecule has 0 radical (unpaired) electrons. The van der Waals surface area contributed by atoms with Crippen molar-refractivity contribution in [1.29, 1.82) is 0 Å². The third-order valence-corrected chi connectivity index (χ3v) is 2.08. The van der Waals surface area contributed by atoms with Gasteiger partial charge in [0.25, 0.3) is 5.91 Å². The molecular weight excluding hydrogens is 224 g/mol. The number of esters is 1. The summed E-state index contributed by atoms with van der Waals surface area (Å²) in [6, 6.07) is 6.37. The van der Waals surface area contributed by atoms with Gasteiger partial charge in [-0.05, 0) is 18.2 Å². The molecule has 0 spiro atoms. The van der Waals surface area contributed by atoms with Crippen molar-refractivity contribution in [3.63, 3.8) is 0 Å². The van der Waals surface area contributed by atoms with E-state index in [1.165, 1.54) is 6.07 Å². The van der Waals surface area contributed by atoms with Crippen molar-refractivity contribution in [3.8, 4) is 0 Å². The van der Waals surface area contributed by atoms with Crippen molar-refractivity contribution in [2.45, 2.75) is 6.10 Å². The van der Waals surface area contributed by atoms with Crippen LogP contribution in [0.25, 0.3) is 0 Å². The zero-order valence-electron chi connectivity index (χ0n) is 9.34. The molecule has 1 amide bonds. The molecule has 0 fully saturated rings. The number of nitrogens with one attached hydrogen (secondary N) is 1. The Morgan fingerprint density at radius 1 is 1.53 bits per heavy atom. The minimum absolute atomic E-state index is 0.208. The third-order valence-electron chi connectivity index (χ3n) is 2.08. The quantitative estimate of drug-likeness (QED) is 0.486. The van der Waals surface area contributed by atoms with Gasteiger partial charge in [0.1, 0.15) is 0 Å². The summed E-state index contributed by atoms with van der Waals surface area (Å²) in [5, 5.41) is 11.6. The minimum atomic E-state index is -1.37. The Labute approximate surface area is 98.4 Å². The van der Waals surface area contributed by atoms with Crippen molar-refractivity contribution in [2.24, 2.45) is 0 Å². The van der Waals surface area contributed by atoms with E-state index in [9.17, 15) is 14.7 Å². The molecule has 0 aromatic heterocycles. The molecule has 6 heteroatoms. The van der Waals surface area contributed by atoms with E-state index in [0.29, 0.717) is 11.3 Å². The molecule has 4 N–H and O–H groups in total. The first kappa shape index (κ1) is 13.0. The molecule has 0 saturated carbocycles. The molecule has 1 aromatic rings. The summed E-state index contributed by atoms with van der Waals surface area (Å²) in [5.74, 6) is -1.21. The molecule has 0 aliphatic carbocycles. The van der Waals surface area contributed by atoms with Crippen LogP contribution in [0.2, 0.25) is 0 Å². The van der Waals surface area contributed by atoms with Crippen molar-refractivity contribution in [2.75, 3.05) is 19.4 Å². The summed E-state index contributed by atoms with van der Waals surface area (Å²) in [7, 11) is 1.16. The smallest absolute Gasteiger partial charge is 0.336 e. The number of amides is 1. The zero-order chi connectivity index (χ0) is 12.8. The zero-order valence-corrected chi connectivity index (χ0v) is 9.34. The van der Waals surface area contributed by atoms with Crippen LogP contribution in [0.5, 0.6) is 0 Å². The van der Waals surface area contributed by atoms with Crippen molar-refractivity contribution >= 4 is 17.6 Å². The Morgan fingerprint density at radius 2 is 2.24 bits per heavy atom. The Balaban J connectivity index is 2.53. The Morgan fingerprint density at radius 3 is 2.82 bits per heavy atom. The van der Waals surface area contributed by atoms with Crippen LogP contribution in [0.1, 0.15) is 10.4 Å². The Bertz CT molecular complexity index is 420. The van der Waals surface area contributed by atoms with E-state index in [0.717, 1.165) is 7.11 Å². The first-order chi connectivity index (χ1) is 8.04. The number of aliphatic hydroxyl groups is 1. The summed E-state index contributed by atoms with van der Waals surface area (Å²) in [4.78, 5) is 22.5. The second kappa shape index (κ2) is 5.86. The van der Waals surface area contributed by atoms with Crippen LogP contribution < -0.4 is 11.1 Å². The van der Waals surface area contributed by atoms with Gasteiger partial charge in [0.2, 0.25) is 0 Å². The second-order valence-corrected chi connectivity index (χ2v) is 3.37. The third kappa shape index (κ3) is 3.76. The van der Waals surface area contributed by atoms with Crippen molar-refractivity contribution in [1.82, 2.24) is 5.32 Å². The van der Waals surface area contributed by atoms with Gasteiger partial charge in [0.15, 0.2) is 6.10 Å². The number of hydrogen-bond donors (Lipinski definition) is 3. The number of aliphatic hydroxyl groups excluding tert-OH is 1. The number of hydrogen-bond acceptors (Lipinski definition) is 5. The fraction of sp³-hybridized carbons (Fsp3) is 0.273. The van der Waals surface area contributed by atoms with E-state index in [2.05, 4.69) is 10.1 Å². The van der Waals surface area contributed by atoms with Crippen LogP contribution >= 0.6 is 0 Å². The molecule has 0 saturated heterocycles. The van der Waals surface area contributed by atoms with Crippen LogP contribution in [0, 0.1) is 0 Å². The van der Waals surface area contributed by atoms with E-state index in [4.69, 9.17) is 5.73 Å². The van der Waals surface area contributed by atoms with E-state index in [-0.39, 0.29) is 6.54 Å². The molecule has 17 heavy (non-hydrogen) atoms. The Kier molecular flexibility index (Phi) is 4.47. The first-order valence-electron chi connectivity index (χ1n) is 4.94. The number of anilines is 1. The van der Waals surface area contributed by atoms with E-state index in [1.807, 2.05) is 0 Å². The topological polar surface area (TPSA) is 102 Å². The molecule has 0 aliphatic heterocycles. The number of rotatable bonds is 4. The van der Waals surface area contributed by atoms with Crippen molar-refractivity contribution in [3.05, 3.63) is 29.8 Å². The highest BCUT2D eigenvalue weighted by Crippen LogP contribution is 2.06. The molecule has 1 unspecified atom stereocenters. The average Bonchev–Trinajstić information content (AvgIpc) is 2.34. The maximum Gasteiger partial charge on any atom is 0.336 e. The van der Waals surface area contributed by atoms with E-state index < -0.39 is 18.0 Å². The van der Waals surface area contributed by atoms with Gasteiger partial charge in [-0.1, -0.05) is 6.07 Å². The predicted octanol–water partition coefficient (Wildman–Crippen LogP) is -0.468. The fourth-order valence-electron chi connectivity index (χ4n) is 1.19. The predicted molar refractivity (Wildman–Crippen MR) is 61.2 cm³/mol. The Hall–Kier alpha value is -2.08. The molecule has 6 nitrogen and oxygen atoms in total. The van der Waals surface area contributed by atoms with Crippen molar-refractivity contribution < 1.29 is 19.4 Å². The van der Waals surface area contributed by atoms with Crippen LogP contribution in [-0.2, 0) is 9.53 Å². The number of nitrogens with two attached hydrogens (primary N) is 1. The SMILES string of the molecule is COC(=O)C(O)CNC(=O)c1cccc(N)c1. The summed E-state index contributed by atoms with van der Waals surface area (Å²) < 4.78 is 4.31. The molecule has 0 aliphatic rings. The molecule has 92 valence electrons. The number of carbonyl (C=O) groups is 2. The molecule has 1 aromatic carbocycles. The first-order valence-corrected chi connectivity index (χ1v) is 4.94. The average molecular weight is 238 g/mol. The van der Waals surface area contributed by atoms with Gasteiger partial charge in [-0.2, -0.15) is 0 Å². The molecule has 1 atom stereocenters. The number of ether oxygens (including phenoxy) is 1. The number of benzene rings is 1. The fourth-order valence-corrected chi connectivity index (χ4v) is 1.19. The van der Waals surface area contributed by atoms with Gasteiger partial charge in [-0.25, -0.2) is 4.79 Å². The highest BCUT2D eigenvalue weighted by Gasteiger charge is 2.16. The summed E-state index contributed by atoms with van der Waals surface area (Å²) >= 11 is 0.